The molecule has 0 bridgehead atoms. The van der Waals surface area contributed by atoms with Gasteiger partial charge in [-0.25, -0.2) is 14.5 Å². The number of rotatable bonds is 5. The Morgan fingerprint density at radius 1 is 1.31 bits per heavy atom. The monoisotopic (exact) mass is 356 g/mol. The van der Waals surface area contributed by atoms with E-state index in [0.29, 0.717) is 26.2 Å². The van der Waals surface area contributed by atoms with Crippen LogP contribution in [0.4, 0.5) is 4.79 Å². The summed E-state index contributed by atoms with van der Waals surface area (Å²) in [7, 11) is 0. The van der Waals surface area contributed by atoms with E-state index in [1.165, 1.54) is 0 Å². The second-order valence-electron chi connectivity index (χ2n) is 6.31. The van der Waals surface area contributed by atoms with Crippen LogP contribution in [0.25, 0.3) is 5.82 Å². The van der Waals surface area contributed by atoms with Crippen molar-refractivity contribution in [1.82, 2.24) is 30.3 Å². The highest BCUT2D eigenvalue weighted by atomic mass is 16.2. The molecule has 8 heteroatoms. The van der Waals surface area contributed by atoms with Crippen LogP contribution in [0, 0.1) is 5.92 Å². The molecule has 1 aliphatic heterocycles. The van der Waals surface area contributed by atoms with E-state index < -0.39 is 0 Å². The normalized spacial score (nSPS) is 17.0. The Morgan fingerprint density at radius 2 is 2.19 bits per heavy atom. The van der Waals surface area contributed by atoms with Gasteiger partial charge in [-0.15, -0.1) is 0 Å². The maximum atomic E-state index is 12.4. The molecule has 1 saturated heterocycles. The lowest BCUT2D eigenvalue weighted by Gasteiger charge is -2.32. The fraction of sp³-hybridized carbons (Fsp3) is 0.444. The van der Waals surface area contributed by atoms with Crippen LogP contribution in [0.5, 0.6) is 0 Å². The average molecular weight is 356 g/mol. The Hall–Kier alpha value is -2.90. The average Bonchev–Trinajstić information content (AvgIpc) is 3.21. The highest BCUT2D eigenvalue weighted by Crippen LogP contribution is 2.16. The number of aromatic nitrogens is 3. The number of amides is 3. The number of pyridine rings is 1. The van der Waals surface area contributed by atoms with Gasteiger partial charge in [0.05, 0.1) is 5.92 Å². The van der Waals surface area contributed by atoms with E-state index in [9.17, 15) is 9.59 Å². The molecular weight excluding hydrogens is 332 g/mol. The molecule has 1 atom stereocenters. The van der Waals surface area contributed by atoms with Crippen LogP contribution < -0.4 is 10.6 Å². The second-order valence-corrected chi connectivity index (χ2v) is 6.31. The molecule has 0 unspecified atom stereocenters. The van der Waals surface area contributed by atoms with Crippen molar-refractivity contribution in [3.8, 4) is 5.82 Å². The van der Waals surface area contributed by atoms with Crippen molar-refractivity contribution < 1.29 is 9.59 Å². The van der Waals surface area contributed by atoms with Gasteiger partial charge in [0.1, 0.15) is 0 Å². The van der Waals surface area contributed by atoms with Gasteiger partial charge in [-0.2, -0.15) is 5.10 Å². The number of likely N-dealkylation sites (tertiary alicyclic amines) is 1. The third-order valence-electron chi connectivity index (χ3n) is 4.42. The van der Waals surface area contributed by atoms with Crippen LogP contribution in [-0.2, 0) is 11.3 Å². The lowest BCUT2D eigenvalue weighted by atomic mass is 9.97. The summed E-state index contributed by atoms with van der Waals surface area (Å²) in [6.45, 7) is 4.06. The maximum Gasteiger partial charge on any atom is 0.317 e. The smallest absolute Gasteiger partial charge is 0.317 e. The second kappa shape index (κ2) is 8.46. The highest BCUT2D eigenvalue weighted by molar-refractivity contribution is 5.80. The van der Waals surface area contributed by atoms with Crippen molar-refractivity contribution in [2.45, 2.75) is 26.3 Å². The summed E-state index contributed by atoms with van der Waals surface area (Å²) in [5, 5.41) is 9.88. The predicted octanol–water partition coefficient (Wildman–Crippen LogP) is 1.32. The van der Waals surface area contributed by atoms with Gasteiger partial charge >= 0.3 is 6.03 Å². The Morgan fingerprint density at radius 3 is 2.88 bits per heavy atom. The van der Waals surface area contributed by atoms with Crippen LogP contribution in [-0.4, -0.2) is 51.2 Å². The third-order valence-corrected chi connectivity index (χ3v) is 4.42. The first-order chi connectivity index (χ1) is 12.7. The van der Waals surface area contributed by atoms with Crippen LogP contribution in [0.2, 0.25) is 0 Å². The molecule has 0 spiro atoms. The van der Waals surface area contributed by atoms with Crippen molar-refractivity contribution in [1.29, 1.82) is 0 Å². The molecule has 3 amide bonds. The molecule has 0 aromatic carbocycles. The van der Waals surface area contributed by atoms with Crippen LogP contribution in [0.15, 0.2) is 36.8 Å². The number of urea groups is 1. The van der Waals surface area contributed by atoms with Crippen LogP contribution in [0.1, 0.15) is 25.3 Å². The van der Waals surface area contributed by atoms with Crippen LogP contribution in [0.3, 0.4) is 0 Å². The van der Waals surface area contributed by atoms with Gasteiger partial charge < -0.3 is 15.5 Å². The first-order valence-electron chi connectivity index (χ1n) is 8.93. The zero-order valence-electron chi connectivity index (χ0n) is 14.9. The quantitative estimate of drug-likeness (QED) is 0.845. The Kier molecular flexibility index (Phi) is 5.83. The number of hydrogen-bond donors (Lipinski definition) is 2. The van der Waals surface area contributed by atoms with Crippen molar-refractivity contribution in [3.63, 3.8) is 0 Å². The summed E-state index contributed by atoms with van der Waals surface area (Å²) in [4.78, 5) is 30.5. The number of carbonyl (C=O) groups excluding carboxylic acids is 2. The first kappa shape index (κ1) is 17.9. The molecule has 3 rings (SSSR count). The Labute approximate surface area is 152 Å². The summed E-state index contributed by atoms with van der Waals surface area (Å²) in [6, 6.07) is 5.47. The Balaban J connectivity index is 1.51. The van der Waals surface area contributed by atoms with Gasteiger partial charge in [-0.1, -0.05) is 6.07 Å². The summed E-state index contributed by atoms with van der Waals surface area (Å²) in [6.07, 6.45) is 6.92. The lowest BCUT2D eigenvalue weighted by Crippen LogP contribution is -2.48. The number of hydrogen-bond acceptors (Lipinski definition) is 4. The standard InChI is InChI=1S/C18H24N6O2/c1-2-19-17(25)15-5-3-9-23(13-15)18(26)21-12-14-6-7-16(20-11-14)24-10-4-8-22-24/h4,6-8,10-11,15H,2-3,5,9,12-13H2,1H3,(H,19,25)(H,21,26)/t15-/m1/s1. The van der Waals surface area contributed by atoms with Gasteiger partial charge in [0.15, 0.2) is 5.82 Å². The van der Waals surface area contributed by atoms with Gasteiger partial charge in [0, 0.05) is 44.8 Å². The minimum Gasteiger partial charge on any atom is -0.356 e. The fourth-order valence-electron chi connectivity index (χ4n) is 3.04. The highest BCUT2D eigenvalue weighted by Gasteiger charge is 2.27. The van der Waals surface area contributed by atoms with E-state index >= 15 is 0 Å². The number of carbonyl (C=O) groups is 2. The molecule has 3 heterocycles. The Bertz CT molecular complexity index is 729. The van der Waals surface area contributed by atoms with Crippen molar-refractivity contribution >= 4 is 11.9 Å². The molecular formula is C18H24N6O2. The molecule has 8 nitrogen and oxygen atoms in total. The summed E-state index contributed by atoms with van der Waals surface area (Å²) < 4.78 is 1.68. The SMILES string of the molecule is CCNC(=O)[C@@H]1CCCN(C(=O)NCc2ccc(-n3cccn3)nc2)C1. The number of nitrogens with zero attached hydrogens (tertiary/aromatic N) is 4. The third kappa shape index (κ3) is 4.38. The van der Waals surface area contributed by atoms with E-state index in [1.54, 1.807) is 22.0 Å². The molecule has 26 heavy (non-hydrogen) atoms. The number of nitrogens with one attached hydrogen (secondary N) is 2. The summed E-state index contributed by atoms with van der Waals surface area (Å²) >= 11 is 0. The number of piperidine rings is 1. The van der Waals surface area contributed by atoms with Crippen molar-refractivity contribution in [3.05, 3.63) is 42.4 Å². The van der Waals surface area contributed by atoms with E-state index in [4.69, 9.17) is 0 Å². The fourth-order valence-corrected chi connectivity index (χ4v) is 3.04. The summed E-state index contributed by atoms with van der Waals surface area (Å²) in [5.74, 6) is 0.638. The molecule has 0 saturated carbocycles. The predicted molar refractivity (Wildman–Crippen MR) is 96.6 cm³/mol. The van der Waals surface area contributed by atoms with Gasteiger partial charge in [-0.3, -0.25) is 4.79 Å². The molecule has 0 aliphatic carbocycles. The van der Waals surface area contributed by atoms with E-state index in [1.807, 2.05) is 31.3 Å². The minimum atomic E-state index is -0.143. The van der Waals surface area contributed by atoms with Crippen molar-refractivity contribution in [2.24, 2.45) is 5.92 Å². The molecule has 138 valence electrons. The van der Waals surface area contributed by atoms with E-state index in [0.717, 1.165) is 24.2 Å². The maximum absolute atomic E-state index is 12.4. The van der Waals surface area contributed by atoms with Crippen molar-refractivity contribution in [2.75, 3.05) is 19.6 Å². The largest absolute Gasteiger partial charge is 0.356 e. The minimum absolute atomic E-state index is 0.0309. The molecule has 2 N–H and O–H groups in total. The van der Waals surface area contributed by atoms with Gasteiger partial charge in [0.25, 0.3) is 0 Å². The first-order valence-corrected chi connectivity index (χ1v) is 8.93. The molecule has 2 aromatic heterocycles. The molecule has 2 aromatic rings. The van der Waals surface area contributed by atoms with Gasteiger partial charge in [-0.05, 0) is 37.5 Å². The zero-order chi connectivity index (χ0) is 18.4. The molecule has 0 radical (unpaired) electrons. The summed E-state index contributed by atoms with van der Waals surface area (Å²) in [5.41, 5.74) is 0.909. The van der Waals surface area contributed by atoms with E-state index in [2.05, 4.69) is 20.7 Å². The lowest BCUT2D eigenvalue weighted by molar-refractivity contribution is -0.126. The zero-order valence-corrected chi connectivity index (χ0v) is 14.9. The van der Waals surface area contributed by atoms with E-state index in [-0.39, 0.29) is 17.9 Å². The van der Waals surface area contributed by atoms with Gasteiger partial charge in [0.2, 0.25) is 5.91 Å². The molecule has 1 fully saturated rings. The van der Waals surface area contributed by atoms with Crippen LogP contribution >= 0.6 is 0 Å². The molecule has 1 aliphatic rings. The topological polar surface area (TPSA) is 92.2 Å².